The van der Waals surface area contributed by atoms with Gasteiger partial charge in [-0.15, -0.1) is 0 Å². The molecule has 0 aromatic heterocycles. The lowest BCUT2D eigenvalue weighted by molar-refractivity contribution is 0.551. The molecule has 6 heteroatoms. The molecule has 1 rings (SSSR count). The van der Waals surface area contributed by atoms with Crippen molar-refractivity contribution in [1.29, 1.82) is 0 Å². The van der Waals surface area contributed by atoms with E-state index in [1.807, 2.05) is 6.92 Å². The number of nitrogens with one attached hydrogen (secondary N) is 2. The molecule has 0 aliphatic heterocycles. The van der Waals surface area contributed by atoms with Crippen LogP contribution in [0.15, 0.2) is 23.1 Å². The van der Waals surface area contributed by atoms with Crippen LogP contribution < -0.4 is 10.0 Å². The van der Waals surface area contributed by atoms with Crippen molar-refractivity contribution in [1.82, 2.24) is 10.0 Å². The van der Waals surface area contributed by atoms with Gasteiger partial charge in [0.25, 0.3) is 0 Å². The van der Waals surface area contributed by atoms with E-state index in [-0.39, 0.29) is 4.90 Å². The van der Waals surface area contributed by atoms with Gasteiger partial charge in [0.2, 0.25) is 10.0 Å². The number of unbranched alkanes of at least 4 members (excludes halogenated alkanes) is 3. The zero-order valence-corrected chi connectivity index (χ0v) is 13.6. The second kappa shape index (κ2) is 9.12. The molecule has 0 radical (unpaired) electrons. The molecule has 1 aromatic rings. The van der Waals surface area contributed by atoms with Crippen LogP contribution in [-0.4, -0.2) is 21.5 Å². The molecule has 0 fully saturated rings. The predicted octanol–water partition coefficient (Wildman–Crippen LogP) is 2.79. The summed E-state index contributed by atoms with van der Waals surface area (Å²) < 4.78 is 40.5. The number of benzene rings is 1. The lowest BCUT2D eigenvalue weighted by Gasteiger charge is -2.09. The Labute approximate surface area is 127 Å². The van der Waals surface area contributed by atoms with E-state index in [2.05, 4.69) is 17.0 Å². The second-order valence-electron chi connectivity index (χ2n) is 5.00. The topological polar surface area (TPSA) is 58.2 Å². The SMILES string of the molecule is CCCCCCNS(=O)(=O)c1ccc(CNCC)cc1F. The molecule has 1 aromatic carbocycles. The van der Waals surface area contributed by atoms with Crippen molar-refractivity contribution in [3.63, 3.8) is 0 Å². The maximum Gasteiger partial charge on any atom is 0.243 e. The Morgan fingerprint density at radius 3 is 2.52 bits per heavy atom. The molecule has 120 valence electrons. The van der Waals surface area contributed by atoms with Crippen LogP contribution in [0, 0.1) is 5.82 Å². The number of rotatable bonds is 10. The lowest BCUT2D eigenvalue weighted by Crippen LogP contribution is -2.25. The molecule has 0 saturated carbocycles. The van der Waals surface area contributed by atoms with E-state index in [4.69, 9.17) is 0 Å². The summed E-state index contributed by atoms with van der Waals surface area (Å²) in [6.07, 6.45) is 3.92. The van der Waals surface area contributed by atoms with Crippen LogP contribution in [0.1, 0.15) is 45.1 Å². The molecule has 2 N–H and O–H groups in total. The van der Waals surface area contributed by atoms with Crippen molar-refractivity contribution >= 4 is 10.0 Å². The Bertz CT molecular complexity index is 532. The van der Waals surface area contributed by atoms with Gasteiger partial charge in [0.15, 0.2) is 0 Å². The molecule has 0 bridgehead atoms. The highest BCUT2D eigenvalue weighted by molar-refractivity contribution is 7.89. The highest BCUT2D eigenvalue weighted by Crippen LogP contribution is 2.16. The highest BCUT2D eigenvalue weighted by Gasteiger charge is 2.18. The summed E-state index contributed by atoms with van der Waals surface area (Å²) in [6, 6.07) is 4.24. The maximum absolute atomic E-state index is 14.0. The summed E-state index contributed by atoms with van der Waals surface area (Å²) in [6.45, 7) is 5.70. The van der Waals surface area contributed by atoms with E-state index in [0.29, 0.717) is 13.1 Å². The van der Waals surface area contributed by atoms with Gasteiger partial charge in [-0.25, -0.2) is 17.5 Å². The Hall–Kier alpha value is -0.980. The first-order valence-corrected chi connectivity index (χ1v) is 8.98. The largest absolute Gasteiger partial charge is 0.313 e. The van der Waals surface area contributed by atoms with Gasteiger partial charge in [0.1, 0.15) is 10.7 Å². The molecule has 0 atom stereocenters. The van der Waals surface area contributed by atoms with Gasteiger partial charge in [-0.1, -0.05) is 39.2 Å². The fourth-order valence-electron chi connectivity index (χ4n) is 1.98. The van der Waals surface area contributed by atoms with Gasteiger partial charge < -0.3 is 5.32 Å². The first-order chi connectivity index (χ1) is 10.0. The minimum atomic E-state index is -3.76. The van der Waals surface area contributed by atoms with Crippen molar-refractivity contribution in [2.75, 3.05) is 13.1 Å². The number of sulfonamides is 1. The van der Waals surface area contributed by atoms with Gasteiger partial charge in [-0.05, 0) is 30.7 Å². The summed E-state index contributed by atoms with van der Waals surface area (Å²) in [5.74, 6) is -0.702. The van der Waals surface area contributed by atoms with Crippen LogP contribution in [-0.2, 0) is 16.6 Å². The molecule has 0 saturated heterocycles. The summed E-state index contributed by atoms with van der Waals surface area (Å²) in [7, 11) is -3.76. The summed E-state index contributed by atoms with van der Waals surface area (Å²) in [5.41, 5.74) is 0.733. The molecule has 0 amide bonds. The van der Waals surface area contributed by atoms with Gasteiger partial charge in [0.05, 0.1) is 0 Å². The summed E-state index contributed by atoms with van der Waals surface area (Å²) >= 11 is 0. The van der Waals surface area contributed by atoms with Crippen molar-refractivity contribution in [2.24, 2.45) is 0 Å². The maximum atomic E-state index is 14.0. The molecular formula is C15H25FN2O2S. The molecule has 21 heavy (non-hydrogen) atoms. The highest BCUT2D eigenvalue weighted by atomic mass is 32.2. The van der Waals surface area contributed by atoms with Gasteiger partial charge >= 0.3 is 0 Å². The van der Waals surface area contributed by atoms with Crippen LogP contribution in [0.4, 0.5) is 4.39 Å². The Morgan fingerprint density at radius 1 is 1.14 bits per heavy atom. The minimum absolute atomic E-state index is 0.279. The first kappa shape index (κ1) is 18.1. The van der Waals surface area contributed by atoms with Crippen molar-refractivity contribution in [2.45, 2.75) is 51.0 Å². The minimum Gasteiger partial charge on any atom is -0.313 e. The van der Waals surface area contributed by atoms with Crippen LogP contribution >= 0.6 is 0 Å². The first-order valence-electron chi connectivity index (χ1n) is 7.50. The van der Waals surface area contributed by atoms with Crippen molar-refractivity contribution < 1.29 is 12.8 Å². The van der Waals surface area contributed by atoms with E-state index >= 15 is 0 Å². The molecule has 0 heterocycles. The third-order valence-corrected chi connectivity index (χ3v) is 4.68. The van der Waals surface area contributed by atoms with Crippen LogP contribution in [0.5, 0.6) is 0 Å². The molecule has 0 unspecified atom stereocenters. The third kappa shape index (κ3) is 6.11. The molecule has 0 aliphatic carbocycles. The smallest absolute Gasteiger partial charge is 0.243 e. The summed E-state index contributed by atoms with van der Waals surface area (Å²) in [4.78, 5) is -0.279. The van der Waals surface area contributed by atoms with Crippen molar-refractivity contribution in [3.8, 4) is 0 Å². The Kier molecular flexibility index (Phi) is 7.85. The van der Waals surface area contributed by atoms with Crippen LogP contribution in [0.25, 0.3) is 0 Å². The normalized spacial score (nSPS) is 11.8. The lowest BCUT2D eigenvalue weighted by atomic mass is 10.2. The predicted molar refractivity (Wildman–Crippen MR) is 83.1 cm³/mol. The van der Waals surface area contributed by atoms with Crippen LogP contribution in [0.3, 0.4) is 0 Å². The van der Waals surface area contributed by atoms with E-state index < -0.39 is 15.8 Å². The average Bonchev–Trinajstić information content (AvgIpc) is 2.44. The molecule has 4 nitrogen and oxygen atoms in total. The number of hydrogen-bond acceptors (Lipinski definition) is 3. The van der Waals surface area contributed by atoms with E-state index in [0.717, 1.165) is 37.8 Å². The van der Waals surface area contributed by atoms with Crippen LogP contribution in [0.2, 0.25) is 0 Å². The zero-order chi connectivity index (χ0) is 15.7. The number of hydrogen-bond donors (Lipinski definition) is 2. The summed E-state index contributed by atoms with van der Waals surface area (Å²) in [5, 5.41) is 3.07. The monoisotopic (exact) mass is 316 g/mol. The molecule has 0 spiro atoms. The van der Waals surface area contributed by atoms with Gasteiger partial charge in [0, 0.05) is 13.1 Å². The standard InChI is InChI=1S/C15H25FN2O2S/c1-3-5-6-7-10-18-21(19,20)15-9-8-13(11-14(15)16)12-17-4-2/h8-9,11,17-18H,3-7,10,12H2,1-2H3. The molecule has 0 aliphatic rings. The fraction of sp³-hybridized carbons (Fsp3) is 0.600. The van der Waals surface area contributed by atoms with Gasteiger partial charge in [-0.3, -0.25) is 0 Å². The van der Waals surface area contributed by atoms with Gasteiger partial charge in [-0.2, -0.15) is 0 Å². The quantitative estimate of drug-likeness (QED) is 0.653. The average molecular weight is 316 g/mol. The number of halogens is 1. The zero-order valence-electron chi connectivity index (χ0n) is 12.8. The Morgan fingerprint density at radius 2 is 1.90 bits per heavy atom. The second-order valence-corrected chi connectivity index (χ2v) is 6.74. The fourth-order valence-corrected chi connectivity index (χ4v) is 3.11. The van der Waals surface area contributed by atoms with E-state index in [9.17, 15) is 12.8 Å². The Balaban J connectivity index is 2.65. The third-order valence-electron chi connectivity index (χ3n) is 3.19. The van der Waals surface area contributed by atoms with Crippen molar-refractivity contribution in [3.05, 3.63) is 29.6 Å². The van der Waals surface area contributed by atoms with E-state index in [1.54, 1.807) is 6.07 Å². The molecular weight excluding hydrogens is 291 g/mol. The van der Waals surface area contributed by atoms with E-state index in [1.165, 1.54) is 12.1 Å².